The highest BCUT2D eigenvalue weighted by atomic mass is 79.9. The molecule has 0 aliphatic heterocycles. The number of halogens is 2. The molecular formula is C16H17BrClNO2. The second-order valence-corrected chi connectivity index (χ2v) is 5.96. The van der Waals surface area contributed by atoms with Crippen molar-refractivity contribution < 1.29 is 9.47 Å². The van der Waals surface area contributed by atoms with Crippen LogP contribution in [0.3, 0.4) is 0 Å². The van der Waals surface area contributed by atoms with Crippen LogP contribution in [0.4, 0.5) is 5.69 Å². The van der Waals surface area contributed by atoms with Crippen LogP contribution in [0.15, 0.2) is 34.8 Å². The van der Waals surface area contributed by atoms with E-state index < -0.39 is 0 Å². The molecule has 0 unspecified atom stereocenters. The van der Waals surface area contributed by atoms with Crippen molar-refractivity contribution in [3.05, 3.63) is 51.0 Å². The molecule has 21 heavy (non-hydrogen) atoms. The zero-order valence-electron chi connectivity index (χ0n) is 12.2. The van der Waals surface area contributed by atoms with Gasteiger partial charge in [-0.25, -0.2) is 0 Å². The highest BCUT2D eigenvalue weighted by Crippen LogP contribution is 2.33. The lowest BCUT2D eigenvalue weighted by molar-refractivity contribution is 0.409. The van der Waals surface area contributed by atoms with Crippen LogP contribution in [-0.2, 0) is 6.54 Å². The fourth-order valence-corrected chi connectivity index (χ4v) is 2.91. The van der Waals surface area contributed by atoms with Crippen LogP contribution in [0, 0.1) is 6.92 Å². The Bertz CT molecular complexity index is 646. The van der Waals surface area contributed by atoms with Gasteiger partial charge in [0.15, 0.2) is 0 Å². The van der Waals surface area contributed by atoms with Crippen molar-refractivity contribution in [1.29, 1.82) is 0 Å². The molecule has 0 saturated carbocycles. The molecular weight excluding hydrogens is 354 g/mol. The minimum absolute atomic E-state index is 0.600. The Balaban J connectivity index is 2.26. The second-order valence-electron chi connectivity index (χ2n) is 4.61. The van der Waals surface area contributed by atoms with Gasteiger partial charge in [-0.05, 0) is 42.8 Å². The predicted octanol–water partition coefficient (Wildman–Crippen LogP) is 5.04. The molecule has 3 nitrogen and oxygen atoms in total. The average Bonchev–Trinajstić information content (AvgIpc) is 2.45. The molecule has 0 aromatic heterocycles. The smallest absolute Gasteiger partial charge is 0.143 e. The minimum Gasteiger partial charge on any atom is -0.496 e. The van der Waals surface area contributed by atoms with Crippen molar-refractivity contribution in [1.82, 2.24) is 0 Å². The summed E-state index contributed by atoms with van der Waals surface area (Å²) in [5.41, 5.74) is 3.05. The molecule has 5 heteroatoms. The molecule has 2 rings (SSSR count). The van der Waals surface area contributed by atoms with E-state index in [2.05, 4.69) is 21.2 Å². The summed E-state index contributed by atoms with van der Waals surface area (Å²) in [7, 11) is 3.31. The number of ether oxygens (including phenoxy) is 2. The topological polar surface area (TPSA) is 30.5 Å². The number of aryl methyl sites for hydroxylation is 1. The van der Waals surface area contributed by atoms with Gasteiger partial charge in [0.05, 0.1) is 19.9 Å². The van der Waals surface area contributed by atoms with E-state index in [1.165, 1.54) is 0 Å². The molecule has 1 N–H and O–H groups in total. The predicted molar refractivity (Wildman–Crippen MR) is 90.8 cm³/mol. The van der Waals surface area contributed by atoms with E-state index >= 15 is 0 Å². The van der Waals surface area contributed by atoms with Gasteiger partial charge in [-0.15, -0.1) is 0 Å². The maximum atomic E-state index is 6.05. The maximum Gasteiger partial charge on any atom is 0.143 e. The van der Waals surface area contributed by atoms with E-state index in [1.54, 1.807) is 14.2 Å². The van der Waals surface area contributed by atoms with Crippen LogP contribution in [0.1, 0.15) is 11.1 Å². The summed E-state index contributed by atoms with van der Waals surface area (Å²) in [6.07, 6.45) is 0. The van der Waals surface area contributed by atoms with Gasteiger partial charge in [-0.3, -0.25) is 0 Å². The van der Waals surface area contributed by atoms with Gasteiger partial charge in [0, 0.05) is 21.6 Å². The van der Waals surface area contributed by atoms with Crippen molar-refractivity contribution >= 4 is 33.2 Å². The van der Waals surface area contributed by atoms with E-state index in [4.69, 9.17) is 21.1 Å². The lowest BCUT2D eigenvalue weighted by Gasteiger charge is -2.16. The van der Waals surface area contributed by atoms with E-state index in [1.807, 2.05) is 37.3 Å². The first-order valence-corrected chi connectivity index (χ1v) is 7.62. The molecule has 0 saturated heterocycles. The van der Waals surface area contributed by atoms with Crippen molar-refractivity contribution in [3.63, 3.8) is 0 Å². The molecule has 0 heterocycles. The molecule has 2 aromatic carbocycles. The van der Waals surface area contributed by atoms with E-state index in [-0.39, 0.29) is 0 Å². The van der Waals surface area contributed by atoms with Crippen molar-refractivity contribution in [2.24, 2.45) is 0 Å². The summed E-state index contributed by atoms with van der Waals surface area (Å²) in [6.45, 7) is 2.63. The van der Waals surface area contributed by atoms with Gasteiger partial charge in [0.2, 0.25) is 0 Å². The van der Waals surface area contributed by atoms with Gasteiger partial charge in [0.1, 0.15) is 11.5 Å². The summed E-state index contributed by atoms with van der Waals surface area (Å²) in [5.74, 6) is 1.60. The van der Waals surface area contributed by atoms with Crippen molar-refractivity contribution in [2.75, 3.05) is 19.5 Å². The molecule has 0 aliphatic carbocycles. The number of anilines is 1. The number of nitrogens with one attached hydrogen (secondary N) is 1. The quantitative estimate of drug-likeness (QED) is 0.800. The van der Waals surface area contributed by atoms with E-state index in [9.17, 15) is 0 Å². The van der Waals surface area contributed by atoms with Crippen LogP contribution in [0.25, 0.3) is 0 Å². The SMILES string of the molecule is COc1ccc(Cl)cc1CNc1c(C)cc(Br)cc1OC. The lowest BCUT2D eigenvalue weighted by atomic mass is 10.1. The van der Waals surface area contributed by atoms with Gasteiger partial charge in [0.25, 0.3) is 0 Å². The zero-order chi connectivity index (χ0) is 15.4. The molecule has 0 amide bonds. The molecule has 0 radical (unpaired) electrons. The minimum atomic E-state index is 0.600. The number of methoxy groups -OCH3 is 2. The Labute approximate surface area is 138 Å². The molecule has 0 fully saturated rings. The average molecular weight is 371 g/mol. The summed E-state index contributed by atoms with van der Waals surface area (Å²) < 4.78 is 11.8. The first kappa shape index (κ1) is 16.0. The Morgan fingerprint density at radius 3 is 2.48 bits per heavy atom. The summed E-state index contributed by atoms with van der Waals surface area (Å²) in [6, 6.07) is 9.55. The Hall–Kier alpha value is -1.39. The van der Waals surface area contributed by atoms with Gasteiger partial charge in [-0.1, -0.05) is 27.5 Å². The normalized spacial score (nSPS) is 10.3. The molecule has 112 valence electrons. The molecule has 0 atom stereocenters. The first-order chi connectivity index (χ1) is 10.0. The van der Waals surface area contributed by atoms with Gasteiger partial charge in [-0.2, -0.15) is 0 Å². The standard InChI is InChI=1S/C16H17BrClNO2/c1-10-6-12(17)8-15(21-3)16(10)19-9-11-7-13(18)4-5-14(11)20-2/h4-8,19H,9H2,1-3H3. The monoisotopic (exact) mass is 369 g/mol. The second kappa shape index (κ2) is 7.05. The third kappa shape index (κ3) is 3.83. The van der Waals surface area contributed by atoms with Crippen LogP contribution in [0.5, 0.6) is 11.5 Å². The third-order valence-corrected chi connectivity index (χ3v) is 3.88. The summed E-state index contributed by atoms with van der Waals surface area (Å²) in [5, 5.41) is 4.08. The summed E-state index contributed by atoms with van der Waals surface area (Å²) in [4.78, 5) is 0. The van der Waals surface area contributed by atoms with Gasteiger partial charge < -0.3 is 14.8 Å². The molecule has 0 spiro atoms. The highest BCUT2D eigenvalue weighted by molar-refractivity contribution is 9.10. The zero-order valence-corrected chi connectivity index (χ0v) is 14.5. The molecule has 0 bridgehead atoms. The summed E-state index contributed by atoms with van der Waals surface area (Å²) >= 11 is 9.52. The Morgan fingerprint density at radius 2 is 1.81 bits per heavy atom. The van der Waals surface area contributed by atoms with E-state index in [0.717, 1.165) is 32.8 Å². The van der Waals surface area contributed by atoms with Crippen LogP contribution < -0.4 is 14.8 Å². The maximum absolute atomic E-state index is 6.05. The van der Waals surface area contributed by atoms with E-state index in [0.29, 0.717) is 11.6 Å². The van der Waals surface area contributed by atoms with Crippen LogP contribution in [-0.4, -0.2) is 14.2 Å². The molecule has 0 aliphatic rings. The third-order valence-electron chi connectivity index (χ3n) is 3.18. The first-order valence-electron chi connectivity index (χ1n) is 6.45. The largest absolute Gasteiger partial charge is 0.496 e. The van der Waals surface area contributed by atoms with Crippen LogP contribution >= 0.6 is 27.5 Å². The number of benzene rings is 2. The lowest BCUT2D eigenvalue weighted by Crippen LogP contribution is -2.05. The molecule has 2 aromatic rings. The number of hydrogen-bond acceptors (Lipinski definition) is 3. The van der Waals surface area contributed by atoms with Crippen LogP contribution in [0.2, 0.25) is 5.02 Å². The number of hydrogen-bond donors (Lipinski definition) is 1. The van der Waals surface area contributed by atoms with Gasteiger partial charge >= 0.3 is 0 Å². The fourth-order valence-electron chi connectivity index (χ4n) is 2.17. The fraction of sp³-hybridized carbons (Fsp3) is 0.250. The van der Waals surface area contributed by atoms with Crippen molar-refractivity contribution in [2.45, 2.75) is 13.5 Å². The highest BCUT2D eigenvalue weighted by Gasteiger charge is 2.10. The Kier molecular flexibility index (Phi) is 5.37. The van der Waals surface area contributed by atoms with Crippen molar-refractivity contribution in [3.8, 4) is 11.5 Å². The Morgan fingerprint density at radius 1 is 1.10 bits per heavy atom. The number of rotatable bonds is 5.